The van der Waals surface area contributed by atoms with Crippen molar-refractivity contribution in [3.8, 4) is 0 Å². The van der Waals surface area contributed by atoms with Gasteiger partial charge in [0.2, 0.25) is 5.91 Å². The molecule has 27 heavy (non-hydrogen) atoms. The minimum Gasteiger partial charge on any atom is -0.352 e. The molecule has 2 aliphatic rings. The number of amides is 1. The maximum absolute atomic E-state index is 12.1. The standard InChI is InChI=1S/C21H25N3OS2/c1-15-8-9-16(14-17(15)24-12-4-7-19(24)25)22-20(26)23-21(10-2-3-11-21)18-6-5-13-27-18/h5-6,8-9,13-14H,2-4,7,10-12H2,1H3,(H2,22,23,26). The summed E-state index contributed by atoms with van der Waals surface area (Å²) in [6, 6.07) is 10.4. The molecule has 0 radical (unpaired) electrons. The second-order valence-electron chi connectivity index (χ2n) is 7.50. The van der Waals surface area contributed by atoms with E-state index in [1.165, 1.54) is 17.7 Å². The average molecular weight is 400 g/mol. The fraction of sp³-hybridized carbons (Fsp3) is 0.429. The maximum Gasteiger partial charge on any atom is 0.227 e. The van der Waals surface area contributed by atoms with Gasteiger partial charge < -0.3 is 15.5 Å². The highest BCUT2D eigenvalue weighted by molar-refractivity contribution is 7.80. The Morgan fingerprint density at radius 2 is 2.04 bits per heavy atom. The minimum atomic E-state index is -0.0449. The van der Waals surface area contributed by atoms with Crippen molar-refractivity contribution in [2.45, 2.75) is 51.0 Å². The van der Waals surface area contributed by atoms with Crippen molar-refractivity contribution in [1.82, 2.24) is 5.32 Å². The first-order valence-corrected chi connectivity index (χ1v) is 10.9. The predicted molar refractivity (Wildman–Crippen MR) is 117 cm³/mol. The summed E-state index contributed by atoms with van der Waals surface area (Å²) in [7, 11) is 0. The molecule has 6 heteroatoms. The van der Waals surface area contributed by atoms with Crippen molar-refractivity contribution in [3.63, 3.8) is 0 Å². The van der Waals surface area contributed by atoms with E-state index in [1.54, 1.807) is 11.3 Å². The molecule has 2 heterocycles. The fourth-order valence-electron chi connectivity index (χ4n) is 4.22. The third-order valence-electron chi connectivity index (χ3n) is 5.63. The molecule has 1 aliphatic heterocycles. The second kappa shape index (κ2) is 7.60. The molecule has 4 nitrogen and oxygen atoms in total. The molecule has 0 atom stereocenters. The maximum atomic E-state index is 12.1. The molecule has 4 rings (SSSR count). The lowest BCUT2D eigenvalue weighted by Gasteiger charge is -2.31. The Morgan fingerprint density at radius 3 is 2.70 bits per heavy atom. The molecular formula is C21H25N3OS2. The average Bonchev–Trinajstić information content (AvgIpc) is 3.38. The van der Waals surface area contributed by atoms with Gasteiger partial charge in [-0.3, -0.25) is 4.79 Å². The molecular weight excluding hydrogens is 374 g/mol. The SMILES string of the molecule is Cc1ccc(NC(=S)NC2(c3cccs3)CCCC2)cc1N1CCCC1=O. The number of thiophene rings is 1. The zero-order valence-electron chi connectivity index (χ0n) is 15.6. The van der Waals surface area contributed by atoms with E-state index in [0.717, 1.165) is 42.7 Å². The highest BCUT2D eigenvalue weighted by Gasteiger charge is 2.37. The van der Waals surface area contributed by atoms with E-state index in [2.05, 4.69) is 34.2 Å². The van der Waals surface area contributed by atoms with Crippen LogP contribution in [0.4, 0.5) is 11.4 Å². The first-order chi connectivity index (χ1) is 13.1. The van der Waals surface area contributed by atoms with E-state index in [1.807, 2.05) is 24.0 Å². The number of thiocarbonyl (C=S) groups is 1. The van der Waals surface area contributed by atoms with Crippen molar-refractivity contribution in [2.75, 3.05) is 16.8 Å². The largest absolute Gasteiger partial charge is 0.352 e. The van der Waals surface area contributed by atoms with Gasteiger partial charge in [-0.2, -0.15) is 0 Å². The zero-order chi connectivity index (χ0) is 18.9. The molecule has 2 N–H and O–H groups in total. The van der Waals surface area contributed by atoms with Gasteiger partial charge in [0, 0.05) is 29.2 Å². The van der Waals surface area contributed by atoms with Crippen LogP contribution in [0, 0.1) is 6.92 Å². The van der Waals surface area contributed by atoms with Crippen LogP contribution in [0.3, 0.4) is 0 Å². The van der Waals surface area contributed by atoms with Gasteiger partial charge in [0.15, 0.2) is 5.11 Å². The van der Waals surface area contributed by atoms with Crippen LogP contribution in [0.1, 0.15) is 49.0 Å². The summed E-state index contributed by atoms with van der Waals surface area (Å²) in [4.78, 5) is 15.4. The molecule has 0 bridgehead atoms. The molecule has 2 aromatic rings. The molecule has 142 valence electrons. The predicted octanol–water partition coefficient (Wildman–Crippen LogP) is 4.94. The van der Waals surface area contributed by atoms with Crippen molar-refractivity contribution in [3.05, 3.63) is 46.2 Å². The van der Waals surface area contributed by atoms with E-state index in [4.69, 9.17) is 12.2 Å². The summed E-state index contributed by atoms with van der Waals surface area (Å²) in [6.07, 6.45) is 6.23. The zero-order valence-corrected chi connectivity index (χ0v) is 17.2. The summed E-state index contributed by atoms with van der Waals surface area (Å²) >= 11 is 7.45. The van der Waals surface area contributed by atoms with Gasteiger partial charge in [0.05, 0.1) is 5.54 Å². The lowest BCUT2D eigenvalue weighted by Crippen LogP contribution is -2.45. The topological polar surface area (TPSA) is 44.4 Å². The number of hydrogen-bond donors (Lipinski definition) is 2. The number of nitrogens with zero attached hydrogens (tertiary/aromatic N) is 1. The summed E-state index contributed by atoms with van der Waals surface area (Å²) < 4.78 is 0. The monoisotopic (exact) mass is 399 g/mol. The Bertz CT molecular complexity index is 841. The fourth-order valence-corrected chi connectivity index (χ4v) is 5.48. The van der Waals surface area contributed by atoms with E-state index in [0.29, 0.717) is 11.5 Å². The quantitative estimate of drug-likeness (QED) is 0.715. The van der Waals surface area contributed by atoms with Crippen LogP contribution < -0.4 is 15.5 Å². The number of hydrogen-bond acceptors (Lipinski definition) is 3. The molecule has 1 aromatic heterocycles. The smallest absolute Gasteiger partial charge is 0.227 e. The van der Waals surface area contributed by atoms with Gasteiger partial charge in [0.25, 0.3) is 0 Å². The van der Waals surface area contributed by atoms with Gasteiger partial charge in [-0.05, 0) is 67.5 Å². The molecule has 0 spiro atoms. The number of aryl methyl sites for hydroxylation is 1. The summed E-state index contributed by atoms with van der Waals surface area (Å²) in [6.45, 7) is 2.85. The van der Waals surface area contributed by atoms with Gasteiger partial charge >= 0.3 is 0 Å². The number of rotatable bonds is 4. The van der Waals surface area contributed by atoms with Crippen molar-refractivity contribution in [1.29, 1.82) is 0 Å². The molecule has 2 fully saturated rings. The Kier molecular flexibility index (Phi) is 5.19. The lowest BCUT2D eigenvalue weighted by molar-refractivity contribution is -0.117. The van der Waals surface area contributed by atoms with Crippen molar-refractivity contribution < 1.29 is 4.79 Å². The molecule has 1 aromatic carbocycles. The number of anilines is 2. The van der Waals surface area contributed by atoms with Crippen molar-refractivity contribution >= 4 is 45.9 Å². The van der Waals surface area contributed by atoms with E-state index in [-0.39, 0.29) is 11.4 Å². The molecule has 1 amide bonds. The van der Waals surface area contributed by atoms with Gasteiger partial charge in [-0.25, -0.2) is 0 Å². The Hall–Kier alpha value is -1.92. The van der Waals surface area contributed by atoms with Gasteiger partial charge in [-0.15, -0.1) is 11.3 Å². The van der Waals surface area contributed by atoms with Crippen LogP contribution in [-0.2, 0) is 10.3 Å². The Balaban J connectivity index is 1.50. The van der Waals surface area contributed by atoms with E-state index < -0.39 is 0 Å². The van der Waals surface area contributed by atoms with Crippen LogP contribution >= 0.6 is 23.6 Å². The normalized spacial score (nSPS) is 18.7. The number of benzene rings is 1. The molecule has 1 saturated carbocycles. The minimum absolute atomic E-state index is 0.0449. The Morgan fingerprint density at radius 1 is 1.22 bits per heavy atom. The van der Waals surface area contributed by atoms with Crippen LogP contribution in [0.2, 0.25) is 0 Å². The number of nitrogens with one attached hydrogen (secondary N) is 2. The number of carbonyl (C=O) groups excluding carboxylic acids is 1. The Labute approximate surface area is 170 Å². The van der Waals surface area contributed by atoms with Crippen LogP contribution in [0.5, 0.6) is 0 Å². The van der Waals surface area contributed by atoms with Crippen molar-refractivity contribution in [2.24, 2.45) is 0 Å². The summed E-state index contributed by atoms with van der Waals surface area (Å²) in [5.74, 6) is 0.207. The first kappa shape index (κ1) is 18.4. The van der Waals surface area contributed by atoms with E-state index >= 15 is 0 Å². The molecule has 0 unspecified atom stereocenters. The van der Waals surface area contributed by atoms with Crippen LogP contribution in [-0.4, -0.2) is 17.6 Å². The summed E-state index contributed by atoms with van der Waals surface area (Å²) in [5.41, 5.74) is 2.98. The lowest BCUT2D eigenvalue weighted by atomic mass is 9.96. The molecule has 1 saturated heterocycles. The number of carbonyl (C=O) groups is 1. The van der Waals surface area contributed by atoms with Crippen LogP contribution in [0.15, 0.2) is 35.7 Å². The van der Waals surface area contributed by atoms with E-state index in [9.17, 15) is 4.79 Å². The molecule has 1 aliphatic carbocycles. The van der Waals surface area contributed by atoms with Crippen LogP contribution in [0.25, 0.3) is 0 Å². The van der Waals surface area contributed by atoms with Gasteiger partial charge in [0.1, 0.15) is 0 Å². The highest BCUT2D eigenvalue weighted by atomic mass is 32.1. The first-order valence-electron chi connectivity index (χ1n) is 9.62. The third kappa shape index (κ3) is 3.73. The second-order valence-corrected chi connectivity index (χ2v) is 8.85. The highest BCUT2D eigenvalue weighted by Crippen LogP contribution is 2.41. The summed E-state index contributed by atoms with van der Waals surface area (Å²) in [5, 5.41) is 9.73. The van der Waals surface area contributed by atoms with Gasteiger partial charge in [-0.1, -0.05) is 25.0 Å². The third-order valence-corrected chi connectivity index (χ3v) is 6.91.